The molecular formula is C41H66O11. The van der Waals surface area contributed by atoms with Crippen molar-refractivity contribution in [2.24, 2.45) is 50.2 Å². The van der Waals surface area contributed by atoms with Crippen LogP contribution in [-0.2, 0) is 23.7 Å². The second kappa shape index (κ2) is 12.9. The SMILES string of the molecule is C[C@@H]1O[C@@H](O[C@@H]2[C@@H](O[C@H]3CC[C@@]4(C)C(CC[C@]5(C)C4CC=C4[C@@H]6CC(C)(C)CC[C@]6(C(=O)O)CC[C@]45C)C3(C)C)OC[C@@H](O)[C@H]2O)[C@H](O)[C@H](O)[C@H]1O. The molecule has 52 heavy (non-hydrogen) atoms. The molecule has 0 aromatic carbocycles. The number of carboxylic acid groups (broad SMARTS) is 1. The Bertz CT molecular complexity index is 1410. The predicted molar refractivity (Wildman–Crippen MR) is 191 cm³/mol. The van der Waals surface area contributed by atoms with E-state index in [4.69, 9.17) is 18.9 Å². The van der Waals surface area contributed by atoms with Gasteiger partial charge in [0.2, 0.25) is 0 Å². The first kappa shape index (κ1) is 39.1. The van der Waals surface area contributed by atoms with E-state index in [1.54, 1.807) is 6.92 Å². The summed E-state index contributed by atoms with van der Waals surface area (Å²) in [4.78, 5) is 13.0. The third-order valence-electron chi connectivity index (χ3n) is 16.8. The van der Waals surface area contributed by atoms with Gasteiger partial charge in [0.1, 0.15) is 36.6 Å². The minimum Gasteiger partial charge on any atom is -0.481 e. The Morgan fingerprint density at radius 3 is 2.17 bits per heavy atom. The second-order valence-electron chi connectivity index (χ2n) is 20.2. The molecule has 7 aliphatic rings. The van der Waals surface area contributed by atoms with Gasteiger partial charge in [-0.3, -0.25) is 4.79 Å². The summed E-state index contributed by atoms with van der Waals surface area (Å²) in [7, 11) is 0. The highest BCUT2D eigenvalue weighted by Gasteiger charge is 2.69. The van der Waals surface area contributed by atoms with Crippen molar-refractivity contribution in [2.75, 3.05) is 6.61 Å². The van der Waals surface area contributed by atoms with Crippen LogP contribution in [0.5, 0.6) is 0 Å². The molecule has 2 aliphatic heterocycles. The normalized spacial score (nSPS) is 54.1. The first-order valence-electron chi connectivity index (χ1n) is 20.1. The number of ether oxygens (including phenoxy) is 4. The summed E-state index contributed by atoms with van der Waals surface area (Å²) in [5.74, 6) is 0.219. The molecule has 7 rings (SSSR count). The first-order chi connectivity index (χ1) is 24.1. The average molecular weight is 735 g/mol. The van der Waals surface area contributed by atoms with Crippen molar-refractivity contribution >= 4 is 5.97 Å². The molecule has 5 aliphatic carbocycles. The quantitative estimate of drug-likeness (QED) is 0.173. The second-order valence-corrected chi connectivity index (χ2v) is 20.2. The number of hydrogen-bond acceptors (Lipinski definition) is 10. The van der Waals surface area contributed by atoms with E-state index in [0.29, 0.717) is 11.8 Å². The number of rotatable bonds is 5. The number of aliphatic carboxylic acids is 1. The summed E-state index contributed by atoms with van der Waals surface area (Å²) in [5, 5.41) is 63.6. The fraction of sp³-hybridized carbons (Fsp3) is 0.927. The van der Waals surface area contributed by atoms with Crippen LogP contribution in [0.1, 0.15) is 120 Å². The Kier molecular flexibility index (Phi) is 9.74. The van der Waals surface area contributed by atoms with Crippen molar-refractivity contribution in [2.45, 2.75) is 181 Å². The summed E-state index contributed by atoms with van der Waals surface area (Å²) in [5.41, 5.74) is 0.579. The Hall–Kier alpha value is -1.15. The predicted octanol–water partition coefficient (Wildman–Crippen LogP) is 4.55. The molecule has 6 N–H and O–H groups in total. The molecule has 0 amide bonds. The molecule has 2 saturated heterocycles. The molecule has 0 radical (unpaired) electrons. The van der Waals surface area contributed by atoms with Crippen LogP contribution in [0.4, 0.5) is 0 Å². The zero-order valence-corrected chi connectivity index (χ0v) is 32.6. The maximum Gasteiger partial charge on any atom is 0.310 e. The average Bonchev–Trinajstić information content (AvgIpc) is 3.06. The zero-order chi connectivity index (χ0) is 38.0. The number of aliphatic hydroxyl groups is 5. The highest BCUT2D eigenvalue weighted by atomic mass is 16.8. The van der Waals surface area contributed by atoms with Crippen LogP contribution in [0.15, 0.2) is 11.6 Å². The van der Waals surface area contributed by atoms with Crippen molar-refractivity contribution in [3.63, 3.8) is 0 Å². The number of aliphatic hydroxyl groups excluding tert-OH is 5. The number of fused-ring (bicyclic) bond motifs is 7. The highest BCUT2D eigenvalue weighted by Crippen LogP contribution is 2.76. The van der Waals surface area contributed by atoms with E-state index in [-0.39, 0.29) is 45.7 Å². The van der Waals surface area contributed by atoms with Crippen molar-refractivity contribution in [3.8, 4) is 0 Å². The van der Waals surface area contributed by atoms with E-state index in [1.807, 2.05) is 0 Å². The van der Waals surface area contributed by atoms with Crippen LogP contribution in [0, 0.1) is 50.2 Å². The van der Waals surface area contributed by atoms with Crippen LogP contribution in [0.2, 0.25) is 0 Å². The molecule has 2 heterocycles. The van der Waals surface area contributed by atoms with Crippen LogP contribution in [0.3, 0.4) is 0 Å². The molecule has 0 spiro atoms. The van der Waals surface area contributed by atoms with E-state index in [1.165, 1.54) is 5.57 Å². The monoisotopic (exact) mass is 734 g/mol. The minimum atomic E-state index is -1.58. The van der Waals surface area contributed by atoms with E-state index < -0.39 is 66.7 Å². The van der Waals surface area contributed by atoms with Gasteiger partial charge in [0, 0.05) is 0 Å². The van der Waals surface area contributed by atoms with Crippen LogP contribution in [-0.4, -0.2) is 105 Å². The molecule has 11 nitrogen and oxygen atoms in total. The first-order valence-corrected chi connectivity index (χ1v) is 20.1. The van der Waals surface area contributed by atoms with Crippen molar-refractivity contribution in [1.82, 2.24) is 0 Å². The third kappa shape index (κ3) is 5.64. The maximum atomic E-state index is 13.0. The Balaban J connectivity index is 1.13. The highest BCUT2D eigenvalue weighted by molar-refractivity contribution is 5.76. The Morgan fingerprint density at radius 2 is 1.48 bits per heavy atom. The van der Waals surface area contributed by atoms with Gasteiger partial charge in [0.05, 0.1) is 24.2 Å². The topological polar surface area (TPSA) is 175 Å². The van der Waals surface area contributed by atoms with Gasteiger partial charge in [-0.15, -0.1) is 0 Å². The molecule has 0 aromatic heterocycles. The van der Waals surface area contributed by atoms with Crippen molar-refractivity contribution in [1.29, 1.82) is 0 Å². The van der Waals surface area contributed by atoms with E-state index >= 15 is 0 Å². The zero-order valence-electron chi connectivity index (χ0n) is 32.6. The molecule has 0 bridgehead atoms. The van der Waals surface area contributed by atoms with Crippen molar-refractivity contribution in [3.05, 3.63) is 11.6 Å². The number of carboxylic acids is 1. The summed E-state index contributed by atoms with van der Waals surface area (Å²) in [6.45, 7) is 18.1. The summed E-state index contributed by atoms with van der Waals surface area (Å²) in [6, 6.07) is 0. The smallest absolute Gasteiger partial charge is 0.310 e. The Labute approximate surface area is 309 Å². The van der Waals surface area contributed by atoms with Crippen LogP contribution in [0.25, 0.3) is 0 Å². The lowest BCUT2D eigenvalue weighted by Crippen LogP contribution is -2.66. The van der Waals surface area contributed by atoms with Gasteiger partial charge in [0.15, 0.2) is 12.6 Å². The van der Waals surface area contributed by atoms with E-state index in [9.17, 15) is 35.4 Å². The summed E-state index contributed by atoms with van der Waals surface area (Å²) >= 11 is 0. The lowest BCUT2D eigenvalue weighted by atomic mass is 9.33. The molecule has 17 atom stereocenters. The van der Waals surface area contributed by atoms with Crippen molar-refractivity contribution < 1.29 is 54.4 Å². The largest absolute Gasteiger partial charge is 0.481 e. The molecule has 0 aromatic rings. The third-order valence-corrected chi connectivity index (χ3v) is 16.8. The lowest BCUT2D eigenvalue weighted by molar-refractivity contribution is -0.364. The molecule has 2 unspecified atom stereocenters. The fourth-order valence-corrected chi connectivity index (χ4v) is 13.3. The van der Waals surface area contributed by atoms with Gasteiger partial charge in [-0.25, -0.2) is 0 Å². The van der Waals surface area contributed by atoms with Gasteiger partial charge in [-0.05, 0) is 116 Å². The van der Waals surface area contributed by atoms with Crippen LogP contribution >= 0.6 is 0 Å². The van der Waals surface area contributed by atoms with Crippen LogP contribution < -0.4 is 0 Å². The van der Waals surface area contributed by atoms with Gasteiger partial charge in [0.25, 0.3) is 0 Å². The summed E-state index contributed by atoms with van der Waals surface area (Å²) < 4.78 is 24.5. The Morgan fingerprint density at radius 1 is 0.788 bits per heavy atom. The van der Waals surface area contributed by atoms with Gasteiger partial charge in [-0.2, -0.15) is 0 Å². The van der Waals surface area contributed by atoms with E-state index in [0.717, 1.165) is 64.2 Å². The molecule has 11 heteroatoms. The number of allylic oxidation sites excluding steroid dienone is 2. The minimum absolute atomic E-state index is 0.0146. The maximum absolute atomic E-state index is 13.0. The van der Waals surface area contributed by atoms with Gasteiger partial charge < -0.3 is 49.6 Å². The molecule has 4 saturated carbocycles. The fourth-order valence-electron chi connectivity index (χ4n) is 13.3. The molecule has 6 fully saturated rings. The van der Waals surface area contributed by atoms with E-state index in [2.05, 4.69) is 54.5 Å². The molecule has 296 valence electrons. The summed E-state index contributed by atoms with van der Waals surface area (Å²) in [6.07, 6.45) is -0.253. The standard InChI is InChI=1S/C41H66O11/c1-21-28(43)30(45)31(46)33(50-21)52-32-29(44)24(42)20-49-34(32)51-27-12-13-38(6)25(37(27,4)5)11-14-40(8)26(38)10-9-22-23-19-36(2,3)15-17-41(23,35(47)48)18-16-39(22,40)7/h9,21,23-34,42-46H,10-20H2,1-8H3,(H,47,48)/t21-,23-,24+,25?,26?,27-,28-,29+,30+,31+,32-,33-,34+,38-,39+,40+,41-/m0/s1. The number of hydrogen-bond donors (Lipinski definition) is 6. The molecular weight excluding hydrogens is 668 g/mol. The van der Waals surface area contributed by atoms with Gasteiger partial charge >= 0.3 is 5.97 Å². The lowest BCUT2D eigenvalue weighted by Gasteiger charge is -2.71. The number of carbonyl (C=O) groups is 1. The van der Waals surface area contributed by atoms with Gasteiger partial charge in [-0.1, -0.05) is 60.1 Å².